The van der Waals surface area contributed by atoms with Crippen LogP contribution in [-0.4, -0.2) is 25.5 Å². The minimum absolute atomic E-state index is 0.0874. The van der Waals surface area contributed by atoms with E-state index < -0.39 is 5.41 Å². The molecule has 0 aromatic heterocycles. The smallest absolute Gasteiger partial charge is 0.258 e. The molecule has 136 valence electrons. The van der Waals surface area contributed by atoms with Gasteiger partial charge in [-0.05, 0) is 61.2 Å². The monoisotopic (exact) mass is 361 g/mol. The van der Waals surface area contributed by atoms with Crippen LogP contribution in [0.2, 0.25) is 0 Å². The maximum absolute atomic E-state index is 12.9. The molecule has 1 heterocycles. The van der Waals surface area contributed by atoms with E-state index in [0.29, 0.717) is 36.4 Å². The van der Waals surface area contributed by atoms with Crippen LogP contribution in [0.15, 0.2) is 42.5 Å². The van der Waals surface area contributed by atoms with E-state index in [2.05, 4.69) is 11.4 Å². The molecule has 0 spiro atoms. The first-order chi connectivity index (χ1) is 13.1. The Hall–Kier alpha value is -3.33. The highest BCUT2D eigenvalue weighted by Gasteiger charge is 2.50. The Labute approximate surface area is 157 Å². The third-order valence-corrected chi connectivity index (χ3v) is 5.22. The first-order valence-electron chi connectivity index (χ1n) is 8.88. The fraction of sp³-hybridized carbons (Fsp3) is 0.286. The number of rotatable bonds is 4. The fourth-order valence-electron chi connectivity index (χ4n) is 3.32. The van der Waals surface area contributed by atoms with Crippen molar-refractivity contribution in [3.8, 4) is 11.8 Å². The van der Waals surface area contributed by atoms with Crippen molar-refractivity contribution in [2.24, 2.45) is 5.41 Å². The summed E-state index contributed by atoms with van der Waals surface area (Å²) in [5.74, 6) is 0.344. The number of ether oxygens (including phenoxy) is 1. The van der Waals surface area contributed by atoms with Crippen molar-refractivity contribution in [3.63, 3.8) is 0 Å². The van der Waals surface area contributed by atoms with Crippen LogP contribution in [-0.2, 0) is 11.2 Å². The van der Waals surface area contributed by atoms with E-state index >= 15 is 0 Å². The number of carbonyl (C=O) groups is 2. The second kappa shape index (κ2) is 6.44. The fourth-order valence-corrected chi connectivity index (χ4v) is 3.32. The van der Waals surface area contributed by atoms with Gasteiger partial charge in [-0.3, -0.25) is 9.59 Å². The van der Waals surface area contributed by atoms with Gasteiger partial charge in [0.25, 0.3) is 5.91 Å². The number of carbonyl (C=O) groups excluding carboxylic acids is 2. The molecule has 0 atom stereocenters. The van der Waals surface area contributed by atoms with Gasteiger partial charge in [0.2, 0.25) is 5.91 Å². The van der Waals surface area contributed by atoms with E-state index in [4.69, 9.17) is 10.00 Å². The number of benzene rings is 2. The molecule has 1 saturated carbocycles. The number of fused-ring (bicyclic) bond motifs is 1. The van der Waals surface area contributed by atoms with Crippen LogP contribution in [0, 0.1) is 16.7 Å². The molecule has 0 radical (unpaired) electrons. The summed E-state index contributed by atoms with van der Waals surface area (Å²) in [4.78, 5) is 26.9. The van der Waals surface area contributed by atoms with Crippen LogP contribution in [0.4, 0.5) is 11.4 Å². The Kier molecular flexibility index (Phi) is 4.08. The largest absolute Gasteiger partial charge is 0.497 e. The van der Waals surface area contributed by atoms with Gasteiger partial charge in [-0.25, -0.2) is 0 Å². The SMILES string of the molecule is COc1ccc(C(=O)N2CCc3ccc(NC(=O)C4(C#N)CC4)cc32)cc1. The third-order valence-electron chi connectivity index (χ3n) is 5.22. The maximum Gasteiger partial charge on any atom is 0.258 e. The molecule has 2 aliphatic rings. The molecule has 6 heteroatoms. The van der Waals surface area contributed by atoms with Crippen LogP contribution in [0.5, 0.6) is 5.75 Å². The molecular weight excluding hydrogens is 342 g/mol. The summed E-state index contributed by atoms with van der Waals surface area (Å²) in [7, 11) is 1.58. The predicted octanol–water partition coefficient (Wildman–Crippen LogP) is 3.14. The van der Waals surface area contributed by atoms with Gasteiger partial charge in [-0.15, -0.1) is 0 Å². The number of anilines is 2. The Bertz CT molecular complexity index is 956. The van der Waals surface area contributed by atoms with E-state index in [1.54, 1.807) is 36.3 Å². The normalized spacial score (nSPS) is 16.2. The molecule has 1 aliphatic carbocycles. The maximum atomic E-state index is 12.9. The van der Waals surface area contributed by atoms with Crippen molar-refractivity contribution in [2.45, 2.75) is 19.3 Å². The average molecular weight is 361 g/mol. The molecule has 4 rings (SSSR count). The van der Waals surface area contributed by atoms with Crippen LogP contribution in [0.3, 0.4) is 0 Å². The lowest BCUT2D eigenvalue weighted by molar-refractivity contribution is -0.119. The minimum Gasteiger partial charge on any atom is -0.497 e. The molecule has 1 aliphatic heterocycles. The van der Waals surface area contributed by atoms with E-state index in [-0.39, 0.29) is 11.8 Å². The molecule has 2 aromatic rings. The second-order valence-corrected chi connectivity index (χ2v) is 6.93. The molecule has 0 bridgehead atoms. The molecule has 1 N–H and O–H groups in total. The van der Waals surface area contributed by atoms with Crippen LogP contribution in [0.1, 0.15) is 28.8 Å². The molecule has 1 fully saturated rings. The minimum atomic E-state index is -0.877. The lowest BCUT2D eigenvalue weighted by atomic mass is 10.1. The molecule has 2 amide bonds. The first kappa shape index (κ1) is 17.1. The van der Waals surface area contributed by atoms with Gasteiger partial charge in [0.15, 0.2) is 0 Å². The summed E-state index contributed by atoms with van der Waals surface area (Å²) >= 11 is 0. The number of amides is 2. The zero-order valence-electron chi connectivity index (χ0n) is 15.0. The second-order valence-electron chi connectivity index (χ2n) is 6.93. The van der Waals surface area contributed by atoms with Crippen LogP contribution < -0.4 is 15.0 Å². The quantitative estimate of drug-likeness (QED) is 0.907. The highest BCUT2D eigenvalue weighted by atomic mass is 16.5. The highest BCUT2D eigenvalue weighted by Crippen LogP contribution is 2.46. The van der Waals surface area contributed by atoms with Gasteiger partial charge in [-0.2, -0.15) is 5.26 Å². The lowest BCUT2D eigenvalue weighted by Gasteiger charge is -2.19. The Morgan fingerprint density at radius 1 is 1.19 bits per heavy atom. The van der Waals surface area contributed by atoms with Gasteiger partial charge in [0, 0.05) is 23.5 Å². The van der Waals surface area contributed by atoms with Crippen molar-refractivity contribution < 1.29 is 14.3 Å². The average Bonchev–Trinajstić information content (AvgIpc) is 3.41. The van der Waals surface area contributed by atoms with E-state index in [1.807, 2.05) is 18.2 Å². The van der Waals surface area contributed by atoms with Gasteiger partial charge < -0.3 is 15.0 Å². The summed E-state index contributed by atoms with van der Waals surface area (Å²) in [5, 5.41) is 12.0. The predicted molar refractivity (Wildman–Crippen MR) is 101 cm³/mol. The van der Waals surface area contributed by atoms with Crippen molar-refractivity contribution in [1.29, 1.82) is 5.26 Å². The summed E-state index contributed by atoms with van der Waals surface area (Å²) in [6.45, 7) is 0.597. The number of nitrogens with zero attached hydrogens (tertiary/aromatic N) is 2. The van der Waals surface area contributed by atoms with Gasteiger partial charge in [0.05, 0.1) is 13.2 Å². The first-order valence-corrected chi connectivity index (χ1v) is 8.88. The molecular formula is C21H19N3O3. The summed E-state index contributed by atoms with van der Waals surface area (Å²) in [6, 6.07) is 14.7. The molecule has 27 heavy (non-hydrogen) atoms. The summed E-state index contributed by atoms with van der Waals surface area (Å²) in [5.41, 5.74) is 2.18. The van der Waals surface area contributed by atoms with Crippen molar-refractivity contribution >= 4 is 23.2 Å². The Balaban J connectivity index is 1.56. The summed E-state index contributed by atoms with van der Waals surface area (Å²) < 4.78 is 5.14. The number of hydrogen-bond donors (Lipinski definition) is 1. The topological polar surface area (TPSA) is 82.4 Å². The third kappa shape index (κ3) is 3.02. The molecule has 6 nitrogen and oxygen atoms in total. The van der Waals surface area contributed by atoms with Gasteiger partial charge >= 0.3 is 0 Å². The number of hydrogen-bond acceptors (Lipinski definition) is 4. The van der Waals surface area contributed by atoms with Gasteiger partial charge in [0.1, 0.15) is 11.2 Å². The highest BCUT2D eigenvalue weighted by molar-refractivity contribution is 6.08. The van der Waals surface area contributed by atoms with Crippen molar-refractivity contribution in [3.05, 3.63) is 53.6 Å². The van der Waals surface area contributed by atoms with Crippen LogP contribution in [0.25, 0.3) is 0 Å². The Morgan fingerprint density at radius 2 is 1.93 bits per heavy atom. The summed E-state index contributed by atoms with van der Waals surface area (Å²) in [6.07, 6.45) is 1.97. The van der Waals surface area contributed by atoms with Gasteiger partial charge in [-0.1, -0.05) is 6.07 Å². The number of nitrogens with one attached hydrogen (secondary N) is 1. The number of nitriles is 1. The standard InChI is InChI=1S/C21H19N3O3/c1-27-17-6-3-15(4-7-17)19(25)24-11-8-14-2-5-16(12-18(14)24)23-20(26)21(13-22)9-10-21/h2-7,12H,8-11H2,1H3,(H,23,26). The lowest BCUT2D eigenvalue weighted by Crippen LogP contribution is -2.29. The van der Waals surface area contributed by atoms with Crippen LogP contribution >= 0.6 is 0 Å². The number of methoxy groups -OCH3 is 1. The van der Waals surface area contributed by atoms with E-state index in [1.165, 1.54) is 0 Å². The molecule has 2 aromatic carbocycles. The zero-order valence-corrected chi connectivity index (χ0v) is 15.0. The zero-order chi connectivity index (χ0) is 19.0. The van der Waals surface area contributed by atoms with E-state index in [0.717, 1.165) is 17.7 Å². The van der Waals surface area contributed by atoms with Crippen molar-refractivity contribution in [1.82, 2.24) is 0 Å². The molecule has 0 saturated heterocycles. The van der Waals surface area contributed by atoms with E-state index in [9.17, 15) is 9.59 Å². The van der Waals surface area contributed by atoms with Crippen molar-refractivity contribution in [2.75, 3.05) is 23.9 Å². The Morgan fingerprint density at radius 3 is 2.56 bits per heavy atom. The molecule has 0 unspecified atom stereocenters.